The number of aryl methyl sites for hydroxylation is 1. The molecule has 1 aliphatic rings. The van der Waals surface area contributed by atoms with Crippen LogP contribution in [-0.2, 0) is 0 Å². The summed E-state index contributed by atoms with van der Waals surface area (Å²) in [5.41, 5.74) is 10.9. The molecule has 31 heavy (non-hydrogen) atoms. The lowest BCUT2D eigenvalue weighted by atomic mass is 9.95. The predicted octanol–water partition coefficient (Wildman–Crippen LogP) is 2.70. The highest BCUT2D eigenvalue weighted by atomic mass is 32.1. The number of aromatic nitrogens is 3. The molecule has 0 spiro atoms. The summed E-state index contributed by atoms with van der Waals surface area (Å²) in [7, 11) is 3.78. The van der Waals surface area contributed by atoms with Crippen molar-refractivity contribution >= 4 is 29.1 Å². The molecule has 4 rings (SSSR count). The molecule has 0 saturated carbocycles. The van der Waals surface area contributed by atoms with Gasteiger partial charge in [0.1, 0.15) is 4.88 Å². The molecule has 2 aromatic heterocycles. The average Bonchev–Trinajstić information content (AvgIpc) is 3.42. The first-order valence-electron chi connectivity index (χ1n) is 9.99. The Hall–Kier alpha value is -3.33. The van der Waals surface area contributed by atoms with Gasteiger partial charge in [0.25, 0.3) is 5.91 Å². The van der Waals surface area contributed by atoms with Crippen LogP contribution in [0.1, 0.15) is 43.8 Å². The molecule has 1 saturated heterocycles. The molecule has 2 N–H and O–H groups in total. The van der Waals surface area contributed by atoms with E-state index in [1.807, 2.05) is 36.9 Å². The van der Waals surface area contributed by atoms with E-state index in [-0.39, 0.29) is 11.8 Å². The van der Waals surface area contributed by atoms with Crippen LogP contribution >= 0.6 is 11.3 Å². The Morgan fingerprint density at radius 3 is 2.74 bits per heavy atom. The zero-order chi connectivity index (χ0) is 22.1. The second-order valence-corrected chi connectivity index (χ2v) is 8.67. The highest BCUT2D eigenvalue weighted by molar-refractivity contribution is 7.11. The first-order valence-corrected chi connectivity index (χ1v) is 10.9. The Labute approximate surface area is 184 Å². The van der Waals surface area contributed by atoms with Gasteiger partial charge < -0.3 is 15.5 Å². The average molecular weight is 437 g/mol. The van der Waals surface area contributed by atoms with Gasteiger partial charge in [-0.1, -0.05) is 12.1 Å². The number of nitrogens with two attached hydrogens (primary N) is 1. The van der Waals surface area contributed by atoms with E-state index in [0.717, 1.165) is 28.9 Å². The van der Waals surface area contributed by atoms with Crippen molar-refractivity contribution in [3.63, 3.8) is 0 Å². The van der Waals surface area contributed by atoms with E-state index in [2.05, 4.69) is 9.97 Å². The minimum atomic E-state index is -0.480. The summed E-state index contributed by atoms with van der Waals surface area (Å²) >= 11 is 1.37. The highest BCUT2D eigenvalue weighted by Gasteiger charge is 2.32. The van der Waals surface area contributed by atoms with Crippen molar-refractivity contribution in [1.82, 2.24) is 19.9 Å². The van der Waals surface area contributed by atoms with E-state index >= 15 is 0 Å². The minimum absolute atomic E-state index is 0.0154. The SMILES string of the molecule is Cc1ncsc1C(=O)N1CC[C@H](c2nc(N(C)C)ncc2-c2cccc(C(N)=O)c2)C1. The van der Waals surface area contributed by atoms with Crippen LogP contribution in [0.15, 0.2) is 36.0 Å². The molecular formula is C22H24N6O2S. The fourth-order valence-electron chi connectivity index (χ4n) is 3.79. The third-order valence-corrected chi connectivity index (χ3v) is 6.38. The lowest BCUT2D eigenvalue weighted by Gasteiger charge is -2.19. The monoisotopic (exact) mass is 436 g/mol. The lowest BCUT2D eigenvalue weighted by molar-refractivity contribution is 0.0794. The van der Waals surface area contributed by atoms with Gasteiger partial charge in [0.15, 0.2) is 0 Å². The van der Waals surface area contributed by atoms with Crippen molar-refractivity contribution in [2.45, 2.75) is 19.3 Å². The lowest BCUT2D eigenvalue weighted by Crippen LogP contribution is -2.28. The van der Waals surface area contributed by atoms with E-state index in [9.17, 15) is 9.59 Å². The zero-order valence-corrected chi connectivity index (χ0v) is 18.5. The van der Waals surface area contributed by atoms with Crippen LogP contribution in [0.2, 0.25) is 0 Å². The van der Waals surface area contributed by atoms with Gasteiger partial charge in [-0.15, -0.1) is 11.3 Å². The van der Waals surface area contributed by atoms with E-state index in [1.165, 1.54) is 11.3 Å². The molecule has 1 aromatic carbocycles. The number of primary amides is 1. The molecular weight excluding hydrogens is 412 g/mol. The Morgan fingerprint density at radius 1 is 1.26 bits per heavy atom. The van der Waals surface area contributed by atoms with E-state index < -0.39 is 5.91 Å². The largest absolute Gasteiger partial charge is 0.366 e. The van der Waals surface area contributed by atoms with Gasteiger partial charge in [-0.3, -0.25) is 9.59 Å². The molecule has 0 aliphatic carbocycles. The maximum absolute atomic E-state index is 13.0. The van der Waals surface area contributed by atoms with Crippen LogP contribution in [0.3, 0.4) is 0 Å². The maximum Gasteiger partial charge on any atom is 0.265 e. The molecule has 3 heterocycles. The van der Waals surface area contributed by atoms with E-state index in [0.29, 0.717) is 29.5 Å². The number of carbonyl (C=O) groups excluding carboxylic acids is 2. The van der Waals surface area contributed by atoms with E-state index in [4.69, 9.17) is 10.7 Å². The summed E-state index contributed by atoms with van der Waals surface area (Å²) in [6.45, 7) is 3.08. The van der Waals surface area contributed by atoms with Crippen LogP contribution in [0.4, 0.5) is 5.95 Å². The second kappa shape index (κ2) is 8.43. The molecule has 8 nitrogen and oxygen atoms in total. The predicted molar refractivity (Wildman–Crippen MR) is 120 cm³/mol. The third kappa shape index (κ3) is 4.13. The van der Waals surface area contributed by atoms with Crippen molar-refractivity contribution in [3.05, 3.63) is 57.8 Å². The number of amides is 2. The van der Waals surface area contributed by atoms with E-state index in [1.54, 1.807) is 29.9 Å². The Balaban J connectivity index is 1.69. The van der Waals surface area contributed by atoms with Gasteiger partial charge >= 0.3 is 0 Å². The summed E-state index contributed by atoms with van der Waals surface area (Å²) < 4.78 is 0. The van der Waals surface area contributed by atoms with Crippen LogP contribution in [0, 0.1) is 6.92 Å². The number of nitrogens with zero attached hydrogens (tertiary/aromatic N) is 5. The van der Waals surface area contributed by atoms with Gasteiger partial charge in [-0.2, -0.15) is 0 Å². The standard InChI is InChI=1S/C22H24N6O2S/c1-13-19(31-12-25-13)21(30)28-8-7-16(11-28)18-17(10-24-22(26-18)27(2)3)14-5-4-6-15(9-14)20(23)29/h4-6,9-10,12,16H,7-8,11H2,1-3H3,(H2,23,29)/t16-/m0/s1. The summed E-state index contributed by atoms with van der Waals surface area (Å²) in [5.74, 6) is 0.201. The first-order chi connectivity index (χ1) is 14.8. The van der Waals surface area contributed by atoms with Crippen molar-refractivity contribution < 1.29 is 9.59 Å². The van der Waals surface area contributed by atoms with Crippen molar-refractivity contribution in [2.75, 3.05) is 32.1 Å². The number of hydrogen-bond acceptors (Lipinski definition) is 7. The number of likely N-dealkylation sites (tertiary alicyclic amines) is 1. The maximum atomic E-state index is 13.0. The smallest absolute Gasteiger partial charge is 0.265 e. The molecule has 3 aromatic rings. The summed E-state index contributed by atoms with van der Waals surface area (Å²) in [6, 6.07) is 7.17. The molecule has 9 heteroatoms. The van der Waals surface area contributed by atoms with Crippen LogP contribution in [-0.4, -0.2) is 58.9 Å². The second-order valence-electron chi connectivity index (χ2n) is 7.81. The Morgan fingerprint density at radius 2 is 2.06 bits per heavy atom. The summed E-state index contributed by atoms with van der Waals surface area (Å²) in [6.07, 6.45) is 2.59. The number of anilines is 1. The van der Waals surface area contributed by atoms with Crippen molar-refractivity contribution in [1.29, 1.82) is 0 Å². The van der Waals surface area contributed by atoms with Gasteiger partial charge in [0.2, 0.25) is 11.9 Å². The fourth-order valence-corrected chi connectivity index (χ4v) is 4.56. The van der Waals surface area contributed by atoms with Crippen molar-refractivity contribution in [3.8, 4) is 11.1 Å². The molecule has 2 amide bonds. The topological polar surface area (TPSA) is 105 Å². The number of benzene rings is 1. The number of carbonyl (C=O) groups is 2. The number of thiazole rings is 1. The molecule has 160 valence electrons. The molecule has 1 atom stereocenters. The highest BCUT2D eigenvalue weighted by Crippen LogP contribution is 2.35. The minimum Gasteiger partial charge on any atom is -0.366 e. The van der Waals surface area contributed by atoms with Gasteiger partial charge in [0.05, 0.1) is 16.9 Å². The molecule has 0 bridgehead atoms. The number of rotatable bonds is 5. The quantitative estimate of drug-likeness (QED) is 0.659. The first kappa shape index (κ1) is 20.9. The van der Waals surface area contributed by atoms with Crippen LogP contribution in [0.5, 0.6) is 0 Å². The molecule has 0 radical (unpaired) electrons. The molecule has 1 fully saturated rings. The van der Waals surface area contributed by atoms with Crippen LogP contribution < -0.4 is 10.6 Å². The normalized spacial score (nSPS) is 15.8. The Bertz CT molecular complexity index is 1140. The zero-order valence-electron chi connectivity index (χ0n) is 17.7. The molecule has 1 aliphatic heterocycles. The van der Waals surface area contributed by atoms with Crippen molar-refractivity contribution in [2.24, 2.45) is 5.73 Å². The summed E-state index contributed by atoms with van der Waals surface area (Å²) in [4.78, 5) is 42.5. The fraction of sp³-hybridized carbons (Fsp3) is 0.318. The van der Waals surface area contributed by atoms with Gasteiger partial charge in [0, 0.05) is 50.4 Å². The van der Waals surface area contributed by atoms with Gasteiger partial charge in [-0.05, 0) is 31.0 Å². The van der Waals surface area contributed by atoms with Crippen LogP contribution in [0.25, 0.3) is 11.1 Å². The third-order valence-electron chi connectivity index (χ3n) is 5.47. The van der Waals surface area contributed by atoms with Gasteiger partial charge in [-0.25, -0.2) is 15.0 Å². The molecule has 0 unspecified atom stereocenters. The Kier molecular flexibility index (Phi) is 5.69. The number of hydrogen-bond donors (Lipinski definition) is 1. The summed E-state index contributed by atoms with van der Waals surface area (Å²) in [5, 5.41) is 0.